The van der Waals surface area contributed by atoms with Crippen molar-refractivity contribution in [2.24, 2.45) is 5.73 Å². The van der Waals surface area contributed by atoms with Gasteiger partial charge in [-0.15, -0.1) is 0 Å². The highest BCUT2D eigenvalue weighted by Gasteiger charge is 2.42. The number of nitrogens with zero attached hydrogens (tertiary/aromatic N) is 1. The summed E-state index contributed by atoms with van der Waals surface area (Å²) in [6.07, 6.45) is 4.24. The quantitative estimate of drug-likeness (QED) is 0.681. The minimum Gasteiger partial charge on any atom is -0.493 e. The van der Waals surface area contributed by atoms with Crippen molar-refractivity contribution in [3.05, 3.63) is 44.7 Å². The summed E-state index contributed by atoms with van der Waals surface area (Å²) in [6, 6.07) is 3.63. The Morgan fingerprint density at radius 1 is 1.10 bits per heavy atom. The van der Waals surface area contributed by atoms with Crippen LogP contribution >= 0.6 is 15.9 Å². The Kier molecular flexibility index (Phi) is 5.92. The predicted octanol–water partition coefficient (Wildman–Crippen LogP) is 3.37. The van der Waals surface area contributed by atoms with Crippen molar-refractivity contribution in [1.29, 1.82) is 0 Å². The number of rotatable bonds is 5. The molecule has 31 heavy (non-hydrogen) atoms. The van der Waals surface area contributed by atoms with Crippen molar-refractivity contribution >= 4 is 33.4 Å². The average molecular weight is 489 g/mol. The Morgan fingerprint density at radius 3 is 2.19 bits per heavy atom. The van der Waals surface area contributed by atoms with E-state index >= 15 is 0 Å². The summed E-state index contributed by atoms with van der Waals surface area (Å²) < 4.78 is 11.6. The predicted molar refractivity (Wildman–Crippen MR) is 118 cm³/mol. The first-order valence-electron chi connectivity index (χ1n) is 10.4. The summed E-state index contributed by atoms with van der Waals surface area (Å²) in [7, 11) is 3.47. The standard InChI is InChI=1S/C23H25BrN2O5/c1-26-14-5-3-7-16(27)21(14)20(22-15(26)6-4-8-17(22)28)12-9-13(24)23(18(10-12)30-2)31-11-19(25)29/h9-10,20H,3-8,11H2,1-2H3,(H2,25,29). The van der Waals surface area contributed by atoms with Gasteiger partial charge in [0.2, 0.25) is 0 Å². The number of methoxy groups -OCH3 is 1. The Morgan fingerprint density at radius 2 is 1.68 bits per heavy atom. The van der Waals surface area contributed by atoms with E-state index < -0.39 is 11.8 Å². The number of ether oxygens (including phenoxy) is 2. The Bertz CT molecular complexity index is 999. The average Bonchev–Trinajstić information content (AvgIpc) is 2.73. The molecule has 0 saturated carbocycles. The van der Waals surface area contributed by atoms with E-state index in [9.17, 15) is 14.4 Å². The molecule has 1 aliphatic heterocycles. The molecule has 164 valence electrons. The Labute approximate surface area is 189 Å². The van der Waals surface area contributed by atoms with Gasteiger partial charge < -0.3 is 20.1 Å². The molecular weight excluding hydrogens is 464 g/mol. The topological polar surface area (TPSA) is 98.9 Å². The number of carbonyl (C=O) groups excluding carboxylic acids is 3. The molecule has 0 saturated heterocycles. The van der Waals surface area contributed by atoms with Gasteiger partial charge in [0, 0.05) is 48.3 Å². The minimum atomic E-state index is -0.599. The molecule has 0 bridgehead atoms. The molecule has 0 unspecified atom stereocenters. The van der Waals surface area contributed by atoms with Crippen LogP contribution in [0.5, 0.6) is 11.5 Å². The molecule has 4 rings (SSSR count). The fourth-order valence-electron chi connectivity index (χ4n) is 4.88. The molecule has 2 aliphatic carbocycles. The van der Waals surface area contributed by atoms with Crippen LogP contribution in [0.1, 0.15) is 50.0 Å². The molecule has 2 N–H and O–H groups in total. The summed E-state index contributed by atoms with van der Waals surface area (Å²) in [6.45, 7) is -0.288. The van der Waals surface area contributed by atoms with E-state index in [0.717, 1.165) is 42.6 Å². The third-order valence-electron chi connectivity index (χ3n) is 6.19. The van der Waals surface area contributed by atoms with Gasteiger partial charge in [-0.1, -0.05) is 0 Å². The van der Waals surface area contributed by atoms with Gasteiger partial charge in [0.05, 0.1) is 11.6 Å². The molecule has 1 amide bonds. The molecule has 1 aromatic rings. The van der Waals surface area contributed by atoms with Crippen LogP contribution in [0.3, 0.4) is 0 Å². The summed E-state index contributed by atoms with van der Waals surface area (Å²) in [5, 5.41) is 0. The maximum atomic E-state index is 13.1. The van der Waals surface area contributed by atoms with E-state index in [1.165, 1.54) is 7.11 Å². The first-order chi connectivity index (χ1) is 14.8. The zero-order valence-electron chi connectivity index (χ0n) is 17.6. The molecular formula is C23H25BrN2O5. The van der Waals surface area contributed by atoms with E-state index in [4.69, 9.17) is 15.2 Å². The van der Waals surface area contributed by atoms with Crippen molar-refractivity contribution < 1.29 is 23.9 Å². The lowest BCUT2D eigenvalue weighted by Gasteiger charge is -2.42. The number of Topliss-reactive ketones (excluding diaryl/α,β-unsaturated/α-hetero) is 2. The molecule has 1 heterocycles. The highest BCUT2D eigenvalue weighted by Crippen LogP contribution is 2.50. The number of hydrogen-bond donors (Lipinski definition) is 1. The zero-order chi connectivity index (χ0) is 22.3. The number of hydrogen-bond acceptors (Lipinski definition) is 6. The molecule has 8 heteroatoms. The normalized spacial score (nSPS) is 19.4. The van der Waals surface area contributed by atoms with Gasteiger partial charge in [0.25, 0.3) is 5.91 Å². The maximum absolute atomic E-state index is 13.1. The minimum absolute atomic E-state index is 0.0900. The van der Waals surface area contributed by atoms with Crippen LogP contribution in [-0.4, -0.2) is 43.1 Å². The highest BCUT2D eigenvalue weighted by atomic mass is 79.9. The number of allylic oxidation sites excluding steroid dienone is 4. The summed E-state index contributed by atoms with van der Waals surface area (Å²) in [4.78, 5) is 39.4. The number of benzene rings is 1. The van der Waals surface area contributed by atoms with Crippen molar-refractivity contribution in [1.82, 2.24) is 4.90 Å². The Balaban J connectivity index is 1.89. The largest absolute Gasteiger partial charge is 0.493 e. The van der Waals surface area contributed by atoms with E-state index in [2.05, 4.69) is 20.8 Å². The number of ketones is 2. The second-order valence-corrected chi connectivity index (χ2v) is 8.91. The molecule has 0 aromatic heterocycles. The van der Waals surface area contributed by atoms with E-state index in [1.807, 2.05) is 13.1 Å². The van der Waals surface area contributed by atoms with Gasteiger partial charge in [-0.2, -0.15) is 0 Å². The molecule has 1 aromatic carbocycles. The van der Waals surface area contributed by atoms with Crippen LogP contribution in [0, 0.1) is 0 Å². The number of carbonyl (C=O) groups is 3. The van der Waals surface area contributed by atoms with Crippen LogP contribution < -0.4 is 15.2 Å². The third-order valence-corrected chi connectivity index (χ3v) is 6.78. The highest BCUT2D eigenvalue weighted by molar-refractivity contribution is 9.10. The van der Waals surface area contributed by atoms with Gasteiger partial charge in [-0.25, -0.2) is 0 Å². The SMILES string of the molecule is COc1cc(C2C3=C(CCCC3=O)N(C)C3=C2C(=O)CCC3)cc(Br)c1OCC(N)=O. The van der Waals surface area contributed by atoms with Gasteiger partial charge in [0.1, 0.15) is 0 Å². The van der Waals surface area contributed by atoms with Gasteiger partial charge in [0.15, 0.2) is 29.7 Å². The second kappa shape index (κ2) is 8.49. The lowest BCUT2D eigenvalue weighted by atomic mass is 9.71. The second-order valence-electron chi connectivity index (χ2n) is 8.06. The first kappa shape index (κ1) is 21.6. The monoisotopic (exact) mass is 488 g/mol. The van der Waals surface area contributed by atoms with Crippen molar-refractivity contribution in [3.8, 4) is 11.5 Å². The fourth-order valence-corrected chi connectivity index (χ4v) is 5.45. The third kappa shape index (κ3) is 3.78. The number of nitrogens with two attached hydrogens (primary N) is 1. The number of amides is 1. The van der Waals surface area contributed by atoms with Crippen LogP contribution in [-0.2, 0) is 14.4 Å². The number of primary amides is 1. The van der Waals surface area contributed by atoms with Crippen molar-refractivity contribution in [2.45, 2.75) is 44.4 Å². The summed E-state index contributed by atoms with van der Waals surface area (Å²) in [5.41, 5.74) is 9.44. The smallest absolute Gasteiger partial charge is 0.255 e. The first-order valence-corrected chi connectivity index (χ1v) is 11.2. The number of halogens is 1. The molecule has 0 atom stereocenters. The zero-order valence-corrected chi connectivity index (χ0v) is 19.2. The van der Waals surface area contributed by atoms with Crippen LogP contribution in [0.4, 0.5) is 0 Å². The van der Waals surface area contributed by atoms with Crippen molar-refractivity contribution in [2.75, 3.05) is 20.8 Å². The van der Waals surface area contributed by atoms with Crippen molar-refractivity contribution in [3.63, 3.8) is 0 Å². The van der Waals surface area contributed by atoms with E-state index in [1.54, 1.807) is 6.07 Å². The maximum Gasteiger partial charge on any atom is 0.255 e. The molecule has 7 nitrogen and oxygen atoms in total. The fraction of sp³-hybridized carbons (Fsp3) is 0.435. The lowest BCUT2D eigenvalue weighted by molar-refractivity contribution is -0.120. The van der Waals surface area contributed by atoms with Gasteiger partial charge in [-0.05, 0) is 59.3 Å². The molecule has 0 radical (unpaired) electrons. The van der Waals surface area contributed by atoms with Gasteiger partial charge in [-0.3, -0.25) is 14.4 Å². The van der Waals surface area contributed by atoms with Crippen LogP contribution in [0.2, 0.25) is 0 Å². The molecule has 0 spiro atoms. The van der Waals surface area contributed by atoms with E-state index in [-0.39, 0.29) is 18.2 Å². The molecule has 0 fully saturated rings. The van der Waals surface area contributed by atoms with Gasteiger partial charge >= 0.3 is 0 Å². The van der Waals surface area contributed by atoms with E-state index in [0.29, 0.717) is 40.0 Å². The summed E-state index contributed by atoms with van der Waals surface area (Å²) >= 11 is 3.50. The summed E-state index contributed by atoms with van der Waals surface area (Å²) in [5.74, 6) is -0.0956. The molecule has 3 aliphatic rings. The Hall–Kier alpha value is -2.61. The van der Waals surface area contributed by atoms with Crippen LogP contribution in [0.15, 0.2) is 39.1 Å². The van der Waals surface area contributed by atoms with Crippen LogP contribution in [0.25, 0.3) is 0 Å². The lowest BCUT2D eigenvalue weighted by Crippen LogP contribution is -2.37.